The molecule has 0 atom stereocenters. The van der Waals surface area contributed by atoms with E-state index >= 15 is 0 Å². The van der Waals surface area contributed by atoms with Gasteiger partial charge in [-0.3, -0.25) is 9.59 Å². The van der Waals surface area contributed by atoms with Crippen molar-refractivity contribution < 1.29 is 19.4 Å². The highest BCUT2D eigenvalue weighted by Gasteiger charge is 2.11. The van der Waals surface area contributed by atoms with Crippen molar-refractivity contribution in [2.45, 2.75) is 13.3 Å². The number of ether oxygens (including phenoxy) is 1. The summed E-state index contributed by atoms with van der Waals surface area (Å²) in [5.41, 5.74) is 0. The van der Waals surface area contributed by atoms with Crippen LogP contribution in [0.3, 0.4) is 0 Å². The molecule has 76 valence electrons. The first-order valence-corrected chi connectivity index (χ1v) is 4.11. The van der Waals surface area contributed by atoms with Crippen molar-refractivity contribution in [3.63, 3.8) is 0 Å². The van der Waals surface area contributed by atoms with E-state index in [9.17, 15) is 9.59 Å². The minimum atomic E-state index is -1.02. The van der Waals surface area contributed by atoms with Crippen molar-refractivity contribution in [1.29, 1.82) is 0 Å². The highest BCUT2D eigenvalue weighted by Crippen LogP contribution is 1.87. The summed E-state index contributed by atoms with van der Waals surface area (Å²) in [5, 5.41) is 8.37. The number of carboxylic acid groups (broad SMARTS) is 1. The summed E-state index contributed by atoms with van der Waals surface area (Å²) >= 11 is 0. The second kappa shape index (κ2) is 6.42. The second-order valence-corrected chi connectivity index (χ2v) is 2.70. The summed E-state index contributed by atoms with van der Waals surface area (Å²) in [5.74, 6) is -1.33. The van der Waals surface area contributed by atoms with E-state index in [-0.39, 0.29) is 19.1 Å². The molecule has 1 N–H and O–H groups in total. The van der Waals surface area contributed by atoms with Crippen LogP contribution >= 0.6 is 0 Å². The number of hydrogen-bond acceptors (Lipinski definition) is 3. The largest absolute Gasteiger partial charge is 0.480 e. The maximum Gasteiger partial charge on any atom is 0.323 e. The number of rotatable bonds is 6. The fourth-order valence-corrected chi connectivity index (χ4v) is 0.705. The minimum absolute atomic E-state index is 0.0440. The first-order chi connectivity index (χ1) is 6.07. The van der Waals surface area contributed by atoms with Crippen molar-refractivity contribution in [2.75, 3.05) is 26.8 Å². The number of likely N-dealkylation sites (N-methyl/N-ethyl adjacent to an activating group) is 1. The normalized spacial score (nSPS) is 9.69. The molecule has 0 heterocycles. The van der Waals surface area contributed by atoms with Crippen molar-refractivity contribution in [3.8, 4) is 0 Å². The van der Waals surface area contributed by atoms with Gasteiger partial charge in [-0.1, -0.05) is 6.92 Å². The van der Waals surface area contributed by atoms with Crippen LogP contribution in [0.4, 0.5) is 0 Å². The van der Waals surface area contributed by atoms with Gasteiger partial charge in [0.05, 0.1) is 0 Å². The Balaban J connectivity index is 3.63. The molecule has 5 heteroatoms. The van der Waals surface area contributed by atoms with Crippen LogP contribution in [0.2, 0.25) is 0 Å². The Morgan fingerprint density at radius 2 is 2.08 bits per heavy atom. The van der Waals surface area contributed by atoms with Gasteiger partial charge < -0.3 is 14.7 Å². The summed E-state index contributed by atoms with van der Waals surface area (Å²) in [7, 11) is 1.44. The standard InChI is InChI=1S/C8H15NO4/c1-3-4-13-6-7(10)9(2)5-8(11)12/h3-6H2,1-2H3,(H,11,12). The van der Waals surface area contributed by atoms with E-state index in [4.69, 9.17) is 9.84 Å². The van der Waals surface area contributed by atoms with Crippen molar-refractivity contribution in [1.82, 2.24) is 4.90 Å². The smallest absolute Gasteiger partial charge is 0.323 e. The molecule has 13 heavy (non-hydrogen) atoms. The number of carbonyl (C=O) groups is 2. The Hall–Kier alpha value is -1.10. The zero-order chi connectivity index (χ0) is 10.3. The van der Waals surface area contributed by atoms with E-state index in [1.165, 1.54) is 7.05 Å². The molecule has 0 bridgehead atoms. The van der Waals surface area contributed by atoms with Crippen LogP contribution in [0.15, 0.2) is 0 Å². The number of amides is 1. The fraction of sp³-hybridized carbons (Fsp3) is 0.750. The molecular weight excluding hydrogens is 174 g/mol. The zero-order valence-corrected chi connectivity index (χ0v) is 7.95. The van der Waals surface area contributed by atoms with E-state index in [0.29, 0.717) is 6.61 Å². The molecule has 0 aliphatic rings. The Morgan fingerprint density at radius 1 is 1.46 bits per heavy atom. The zero-order valence-electron chi connectivity index (χ0n) is 7.95. The molecule has 5 nitrogen and oxygen atoms in total. The predicted octanol–water partition coefficient (Wildman–Crippen LogP) is -0.0440. The van der Waals surface area contributed by atoms with Crippen molar-refractivity contribution in [2.24, 2.45) is 0 Å². The number of carboxylic acids is 1. The highest BCUT2D eigenvalue weighted by atomic mass is 16.5. The van der Waals surface area contributed by atoms with Gasteiger partial charge in [0.25, 0.3) is 0 Å². The number of aliphatic carboxylic acids is 1. The number of carbonyl (C=O) groups excluding carboxylic acids is 1. The van der Waals surface area contributed by atoms with Crippen molar-refractivity contribution in [3.05, 3.63) is 0 Å². The van der Waals surface area contributed by atoms with Crippen molar-refractivity contribution >= 4 is 11.9 Å². The summed E-state index contributed by atoms with van der Waals surface area (Å²) < 4.78 is 4.96. The molecule has 1 amide bonds. The van der Waals surface area contributed by atoms with Gasteiger partial charge in [-0.2, -0.15) is 0 Å². The van der Waals surface area contributed by atoms with Crippen LogP contribution in [0.1, 0.15) is 13.3 Å². The lowest BCUT2D eigenvalue weighted by Crippen LogP contribution is -2.34. The van der Waals surface area contributed by atoms with Crippen LogP contribution < -0.4 is 0 Å². The highest BCUT2D eigenvalue weighted by molar-refractivity contribution is 5.81. The summed E-state index contributed by atoms with van der Waals surface area (Å²) in [6.45, 7) is 2.13. The van der Waals surface area contributed by atoms with Crippen LogP contribution in [-0.4, -0.2) is 48.7 Å². The quantitative estimate of drug-likeness (QED) is 0.595. The number of nitrogens with zero attached hydrogens (tertiary/aromatic N) is 1. The molecule has 0 spiro atoms. The maximum absolute atomic E-state index is 11.1. The third-order valence-electron chi connectivity index (χ3n) is 1.37. The van der Waals surface area contributed by atoms with Gasteiger partial charge in [0.15, 0.2) is 0 Å². The van der Waals surface area contributed by atoms with Gasteiger partial charge in [-0.15, -0.1) is 0 Å². The lowest BCUT2D eigenvalue weighted by molar-refractivity contribution is -0.145. The molecule has 0 radical (unpaired) electrons. The minimum Gasteiger partial charge on any atom is -0.480 e. The van der Waals surface area contributed by atoms with E-state index in [2.05, 4.69) is 0 Å². The van der Waals surface area contributed by atoms with E-state index in [0.717, 1.165) is 11.3 Å². The third-order valence-corrected chi connectivity index (χ3v) is 1.37. The first-order valence-electron chi connectivity index (χ1n) is 4.11. The molecule has 0 saturated heterocycles. The monoisotopic (exact) mass is 189 g/mol. The van der Waals surface area contributed by atoms with E-state index in [1.54, 1.807) is 0 Å². The average molecular weight is 189 g/mol. The number of hydrogen-bond donors (Lipinski definition) is 1. The fourth-order valence-electron chi connectivity index (χ4n) is 0.705. The van der Waals surface area contributed by atoms with Crippen LogP contribution in [0.5, 0.6) is 0 Å². The van der Waals surface area contributed by atoms with E-state index in [1.807, 2.05) is 6.92 Å². The summed E-state index contributed by atoms with van der Waals surface area (Å²) in [4.78, 5) is 22.4. The molecule has 0 rings (SSSR count). The Morgan fingerprint density at radius 3 is 2.54 bits per heavy atom. The summed E-state index contributed by atoms with van der Waals surface area (Å²) in [6.07, 6.45) is 0.843. The van der Waals surface area contributed by atoms with Gasteiger partial charge in [0.2, 0.25) is 5.91 Å². The first kappa shape index (κ1) is 11.9. The Kier molecular flexibility index (Phi) is 5.88. The molecule has 0 aromatic carbocycles. The Labute approximate surface area is 77.3 Å². The molecule has 0 aromatic rings. The van der Waals surface area contributed by atoms with E-state index < -0.39 is 5.97 Å². The molecule has 0 fully saturated rings. The second-order valence-electron chi connectivity index (χ2n) is 2.70. The van der Waals surface area contributed by atoms with Gasteiger partial charge in [-0.05, 0) is 6.42 Å². The van der Waals surface area contributed by atoms with Crippen LogP contribution in [0, 0.1) is 0 Å². The summed E-state index contributed by atoms with van der Waals surface area (Å²) in [6, 6.07) is 0. The van der Waals surface area contributed by atoms with Gasteiger partial charge in [0.1, 0.15) is 13.2 Å². The van der Waals surface area contributed by atoms with Crippen LogP contribution in [-0.2, 0) is 14.3 Å². The Bertz CT molecular complexity index is 181. The van der Waals surface area contributed by atoms with Gasteiger partial charge in [-0.25, -0.2) is 0 Å². The lowest BCUT2D eigenvalue weighted by Gasteiger charge is -2.13. The predicted molar refractivity (Wildman–Crippen MR) is 46.4 cm³/mol. The third kappa shape index (κ3) is 6.10. The maximum atomic E-state index is 11.1. The topological polar surface area (TPSA) is 66.8 Å². The molecule has 0 saturated carbocycles. The van der Waals surface area contributed by atoms with Gasteiger partial charge >= 0.3 is 5.97 Å². The van der Waals surface area contributed by atoms with Crippen LogP contribution in [0.25, 0.3) is 0 Å². The SMILES string of the molecule is CCCOCC(=O)N(C)CC(=O)O. The lowest BCUT2D eigenvalue weighted by atomic mass is 10.5. The molecular formula is C8H15NO4. The molecule has 0 aliphatic carbocycles. The van der Waals surface area contributed by atoms with Gasteiger partial charge in [0, 0.05) is 13.7 Å². The molecule has 0 aromatic heterocycles. The molecule has 0 aliphatic heterocycles. The average Bonchev–Trinajstić information content (AvgIpc) is 2.03. The molecule has 0 unspecified atom stereocenters.